The van der Waals surface area contributed by atoms with Gasteiger partial charge in [0.05, 0.1) is 0 Å². The third kappa shape index (κ3) is 1.74. The van der Waals surface area contributed by atoms with E-state index in [-0.39, 0.29) is 0 Å². The van der Waals surface area contributed by atoms with Crippen LogP contribution in [0, 0.1) is 0 Å². The van der Waals surface area contributed by atoms with Gasteiger partial charge in [0.25, 0.3) is 0 Å². The van der Waals surface area contributed by atoms with Gasteiger partial charge in [-0.25, -0.2) is 0 Å². The van der Waals surface area contributed by atoms with Gasteiger partial charge in [-0.1, -0.05) is 0 Å². The molecule has 0 saturated heterocycles. The summed E-state index contributed by atoms with van der Waals surface area (Å²) in [6.07, 6.45) is 1.72. The van der Waals surface area contributed by atoms with E-state index in [4.69, 9.17) is 4.42 Å². The van der Waals surface area contributed by atoms with Crippen LogP contribution in [0.2, 0.25) is 0 Å². The average molecular weight is 279 g/mol. The molecule has 0 spiro atoms. The molecule has 0 aliphatic heterocycles. The standard InChI is InChI=1S/C12H8OSSe/c1-3-9(13-7-1)10-5-6-11(14-10)12-4-2-8-15-12/h1-8H. The first-order valence-electron chi connectivity index (χ1n) is 4.61. The Morgan fingerprint density at radius 2 is 1.93 bits per heavy atom. The molecule has 3 aromatic heterocycles. The quantitative estimate of drug-likeness (QED) is 0.651. The zero-order chi connectivity index (χ0) is 10.1. The van der Waals surface area contributed by atoms with Gasteiger partial charge in [-0.05, 0) is 0 Å². The third-order valence-electron chi connectivity index (χ3n) is 2.13. The number of thiophene rings is 1. The SMILES string of the molecule is c1coc(-c2ccc(-c3ccc[se]3)s2)c1. The molecule has 3 aromatic rings. The molecule has 0 unspecified atom stereocenters. The predicted octanol–water partition coefficient (Wildman–Crippen LogP) is 3.73. The van der Waals surface area contributed by atoms with Crippen LogP contribution in [-0.4, -0.2) is 14.5 Å². The molecule has 0 bridgehead atoms. The fourth-order valence-corrected chi connectivity index (χ4v) is 4.20. The van der Waals surface area contributed by atoms with Crippen LogP contribution in [-0.2, 0) is 0 Å². The Labute approximate surface area is 97.7 Å². The molecular formula is C12H8OSSe. The van der Waals surface area contributed by atoms with Crippen LogP contribution in [0.5, 0.6) is 0 Å². The third-order valence-corrected chi connectivity index (χ3v) is 5.45. The van der Waals surface area contributed by atoms with E-state index in [0.717, 1.165) is 5.76 Å². The molecule has 0 fully saturated rings. The summed E-state index contributed by atoms with van der Waals surface area (Å²) in [7, 11) is 0. The monoisotopic (exact) mass is 280 g/mol. The molecule has 1 nitrogen and oxygen atoms in total. The number of hydrogen-bond donors (Lipinski definition) is 0. The maximum absolute atomic E-state index is 5.38. The molecular weight excluding hydrogens is 271 g/mol. The second kappa shape index (κ2) is 3.86. The van der Waals surface area contributed by atoms with Crippen LogP contribution in [0.1, 0.15) is 0 Å². The predicted molar refractivity (Wildman–Crippen MR) is 64.4 cm³/mol. The molecule has 0 aliphatic rings. The summed E-state index contributed by atoms with van der Waals surface area (Å²) in [6, 6.07) is 12.6. The van der Waals surface area contributed by atoms with Gasteiger partial charge >= 0.3 is 97.8 Å². The number of furan rings is 1. The minimum atomic E-state index is 0.519. The zero-order valence-electron chi connectivity index (χ0n) is 7.84. The van der Waals surface area contributed by atoms with Crippen molar-refractivity contribution in [2.45, 2.75) is 0 Å². The first kappa shape index (κ1) is 9.22. The molecule has 0 N–H and O–H groups in total. The van der Waals surface area contributed by atoms with E-state index in [1.54, 1.807) is 17.6 Å². The summed E-state index contributed by atoms with van der Waals surface area (Å²) < 4.78 is 6.84. The van der Waals surface area contributed by atoms with Crippen molar-refractivity contribution in [3.8, 4) is 20.0 Å². The van der Waals surface area contributed by atoms with Crippen molar-refractivity contribution < 1.29 is 4.42 Å². The Hall–Kier alpha value is -1.02. The fourth-order valence-electron chi connectivity index (χ4n) is 1.44. The number of rotatable bonds is 2. The molecule has 3 heterocycles. The van der Waals surface area contributed by atoms with Crippen molar-refractivity contribution in [2.75, 3.05) is 0 Å². The van der Waals surface area contributed by atoms with Crippen LogP contribution in [0.4, 0.5) is 0 Å². The van der Waals surface area contributed by atoms with Gasteiger partial charge in [-0.15, -0.1) is 0 Å². The Kier molecular flexibility index (Phi) is 2.37. The van der Waals surface area contributed by atoms with Crippen molar-refractivity contribution in [1.29, 1.82) is 0 Å². The Balaban J connectivity index is 2.02. The molecule has 0 amide bonds. The summed E-state index contributed by atoms with van der Waals surface area (Å²) in [5.74, 6) is 0.963. The van der Waals surface area contributed by atoms with E-state index in [9.17, 15) is 0 Å². The Morgan fingerprint density at radius 3 is 2.67 bits per heavy atom. The van der Waals surface area contributed by atoms with Crippen LogP contribution in [0.25, 0.3) is 20.0 Å². The van der Waals surface area contributed by atoms with Crippen LogP contribution in [0.3, 0.4) is 0 Å². The molecule has 0 saturated carbocycles. The normalized spacial score (nSPS) is 10.7. The van der Waals surface area contributed by atoms with Gasteiger partial charge in [-0.2, -0.15) is 0 Å². The molecule has 3 heteroatoms. The molecule has 3 rings (SSSR count). The van der Waals surface area contributed by atoms with Crippen LogP contribution < -0.4 is 0 Å². The van der Waals surface area contributed by atoms with E-state index in [1.165, 1.54) is 14.2 Å². The van der Waals surface area contributed by atoms with Gasteiger partial charge in [-0.3, -0.25) is 0 Å². The van der Waals surface area contributed by atoms with Crippen molar-refractivity contribution in [3.63, 3.8) is 0 Å². The van der Waals surface area contributed by atoms with Crippen LogP contribution >= 0.6 is 11.3 Å². The van der Waals surface area contributed by atoms with Crippen LogP contribution in [0.15, 0.2) is 52.0 Å². The summed E-state index contributed by atoms with van der Waals surface area (Å²) >= 11 is 2.32. The second-order valence-corrected chi connectivity index (χ2v) is 6.19. The first-order valence-corrected chi connectivity index (χ1v) is 7.27. The zero-order valence-corrected chi connectivity index (χ0v) is 10.4. The van der Waals surface area contributed by atoms with Gasteiger partial charge in [0.15, 0.2) is 0 Å². The topological polar surface area (TPSA) is 13.1 Å². The maximum atomic E-state index is 5.38. The van der Waals surface area contributed by atoms with Crippen molar-refractivity contribution in [3.05, 3.63) is 47.6 Å². The van der Waals surface area contributed by atoms with E-state index < -0.39 is 0 Å². The summed E-state index contributed by atoms with van der Waals surface area (Å²) in [5, 5.41) is 0. The molecule has 0 radical (unpaired) electrons. The van der Waals surface area contributed by atoms with E-state index in [2.05, 4.69) is 29.2 Å². The summed E-state index contributed by atoms with van der Waals surface area (Å²) in [4.78, 5) is 4.82. The minimum absolute atomic E-state index is 0.519. The van der Waals surface area contributed by atoms with E-state index in [0.29, 0.717) is 14.5 Å². The summed E-state index contributed by atoms with van der Waals surface area (Å²) in [6.45, 7) is 0. The van der Waals surface area contributed by atoms with Gasteiger partial charge < -0.3 is 0 Å². The molecule has 0 aromatic carbocycles. The Morgan fingerprint density at radius 1 is 1.00 bits per heavy atom. The summed E-state index contributed by atoms with van der Waals surface area (Å²) in [5.41, 5.74) is 0. The second-order valence-electron chi connectivity index (χ2n) is 3.12. The van der Waals surface area contributed by atoms with Crippen molar-refractivity contribution >= 4 is 25.8 Å². The average Bonchev–Trinajstić information content (AvgIpc) is 3.02. The van der Waals surface area contributed by atoms with Crippen molar-refractivity contribution in [2.24, 2.45) is 0 Å². The van der Waals surface area contributed by atoms with Gasteiger partial charge in [0.2, 0.25) is 0 Å². The van der Waals surface area contributed by atoms with E-state index >= 15 is 0 Å². The molecule has 0 atom stereocenters. The van der Waals surface area contributed by atoms with Crippen molar-refractivity contribution in [1.82, 2.24) is 0 Å². The molecule has 74 valence electrons. The fraction of sp³-hybridized carbons (Fsp3) is 0. The molecule has 15 heavy (non-hydrogen) atoms. The Bertz CT molecular complexity index is 485. The van der Waals surface area contributed by atoms with Gasteiger partial charge in [0, 0.05) is 0 Å². The first-order chi connectivity index (χ1) is 7.43. The van der Waals surface area contributed by atoms with Gasteiger partial charge in [0.1, 0.15) is 0 Å². The number of hydrogen-bond acceptors (Lipinski definition) is 2. The molecule has 0 aliphatic carbocycles. The van der Waals surface area contributed by atoms with E-state index in [1.807, 2.05) is 12.1 Å².